The van der Waals surface area contributed by atoms with Crippen molar-refractivity contribution in [1.29, 1.82) is 0 Å². The van der Waals surface area contributed by atoms with Gasteiger partial charge in [0, 0.05) is 12.1 Å². The second kappa shape index (κ2) is 7.84. The van der Waals surface area contributed by atoms with Gasteiger partial charge in [-0.05, 0) is 71.9 Å². The highest BCUT2D eigenvalue weighted by Gasteiger charge is 2.36. The number of alkyl carbamates (subject to hydrolysis) is 1. The van der Waals surface area contributed by atoms with E-state index in [2.05, 4.69) is 17.1 Å². The van der Waals surface area contributed by atoms with Gasteiger partial charge >= 0.3 is 6.09 Å². The lowest BCUT2D eigenvalue weighted by atomic mass is 9.85. The van der Waals surface area contributed by atoms with Crippen LogP contribution in [-0.4, -0.2) is 53.0 Å². The smallest absolute Gasteiger partial charge is 0.407 e. The van der Waals surface area contributed by atoms with Gasteiger partial charge in [0.2, 0.25) is 0 Å². The highest BCUT2D eigenvalue weighted by molar-refractivity contribution is 5.68. The monoisotopic (exact) mass is 326 g/mol. The number of aliphatic hydroxyl groups is 1. The molecule has 0 aromatic heterocycles. The number of hydrogen-bond acceptors (Lipinski definition) is 4. The minimum Gasteiger partial charge on any atom is -0.444 e. The molecule has 0 spiro atoms. The first-order chi connectivity index (χ1) is 10.8. The second-order valence-corrected chi connectivity index (χ2v) is 8.17. The summed E-state index contributed by atoms with van der Waals surface area (Å²) in [6.45, 7) is 10.0. The van der Waals surface area contributed by atoms with Crippen LogP contribution in [0.5, 0.6) is 0 Å². The maximum atomic E-state index is 12.1. The standard InChI is InChI=1S/C18H34N2O3/c1-5-13-8-10-20(11-9-13)16-12-14(21)6-7-15(16)19-17(22)23-18(2,3)4/h13-16,21H,5-12H2,1-4H3,(H,19,22). The van der Waals surface area contributed by atoms with Crippen molar-refractivity contribution in [3.05, 3.63) is 0 Å². The molecule has 3 atom stereocenters. The van der Waals surface area contributed by atoms with Crippen molar-refractivity contribution in [3.8, 4) is 0 Å². The molecule has 5 nitrogen and oxygen atoms in total. The van der Waals surface area contributed by atoms with Gasteiger partial charge in [-0.3, -0.25) is 4.90 Å². The van der Waals surface area contributed by atoms with Gasteiger partial charge in [0.25, 0.3) is 0 Å². The summed E-state index contributed by atoms with van der Waals surface area (Å²) in [4.78, 5) is 14.6. The Hall–Kier alpha value is -0.810. The first-order valence-corrected chi connectivity index (χ1v) is 9.20. The van der Waals surface area contributed by atoms with Crippen LogP contribution in [0, 0.1) is 5.92 Å². The summed E-state index contributed by atoms with van der Waals surface area (Å²) in [5.74, 6) is 0.831. The van der Waals surface area contributed by atoms with Gasteiger partial charge in [0.05, 0.1) is 6.10 Å². The Morgan fingerprint density at radius 2 is 1.87 bits per heavy atom. The largest absolute Gasteiger partial charge is 0.444 e. The minimum absolute atomic E-state index is 0.0754. The van der Waals surface area contributed by atoms with Gasteiger partial charge in [-0.1, -0.05) is 13.3 Å². The molecule has 1 amide bonds. The number of amides is 1. The lowest BCUT2D eigenvalue weighted by Crippen LogP contribution is -2.57. The van der Waals surface area contributed by atoms with Crippen molar-refractivity contribution in [2.24, 2.45) is 5.92 Å². The molecule has 1 aliphatic heterocycles. The molecular weight excluding hydrogens is 292 g/mol. The number of hydrogen-bond donors (Lipinski definition) is 2. The highest BCUT2D eigenvalue weighted by atomic mass is 16.6. The van der Waals surface area contributed by atoms with E-state index in [1.807, 2.05) is 20.8 Å². The molecule has 134 valence electrons. The molecular formula is C18H34N2O3. The summed E-state index contributed by atoms with van der Waals surface area (Å²) in [6.07, 6.45) is 5.43. The molecule has 2 N–H and O–H groups in total. The Balaban J connectivity index is 1.95. The van der Waals surface area contributed by atoms with Gasteiger partial charge in [0.15, 0.2) is 0 Å². The molecule has 3 unspecified atom stereocenters. The van der Waals surface area contributed by atoms with E-state index in [4.69, 9.17) is 4.74 Å². The Kier molecular flexibility index (Phi) is 6.32. The summed E-state index contributed by atoms with van der Waals surface area (Å²) < 4.78 is 5.41. The third kappa shape index (κ3) is 5.64. The quantitative estimate of drug-likeness (QED) is 0.837. The molecule has 23 heavy (non-hydrogen) atoms. The van der Waals surface area contributed by atoms with Crippen molar-refractivity contribution >= 4 is 6.09 Å². The van der Waals surface area contributed by atoms with Crippen LogP contribution in [-0.2, 0) is 4.74 Å². The highest BCUT2D eigenvalue weighted by Crippen LogP contribution is 2.29. The third-order valence-electron chi connectivity index (χ3n) is 5.19. The number of piperidine rings is 1. The number of carbonyl (C=O) groups is 1. The van der Waals surface area contributed by atoms with E-state index in [0.717, 1.165) is 38.3 Å². The normalized spacial score (nSPS) is 30.9. The van der Waals surface area contributed by atoms with Crippen molar-refractivity contribution in [3.63, 3.8) is 0 Å². The summed E-state index contributed by atoms with van der Waals surface area (Å²) in [5, 5.41) is 13.1. The summed E-state index contributed by atoms with van der Waals surface area (Å²) in [6, 6.07) is 0.301. The SMILES string of the molecule is CCC1CCN(C2CC(O)CCC2NC(=O)OC(C)(C)C)CC1. The molecule has 0 radical (unpaired) electrons. The van der Waals surface area contributed by atoms with Gasteiger partial charge < -0.3 is 15.2 Å². The van der Waals surface area contributed by atoms with Crippen LogP contribution in [0.25, 0.3) is 0 Å². The number of carbonyl (C=O) groups excluding carboxylic acids is 1. The van der Waals surface area contributed by atoms with Crippen LogP contribution in [0.1, 0.15) is 66.2 Å². The lowest BCUT2D eigenvalue weighted by molar-refractivity contribution is 0.0133. The molecule has 1 saturated carbocycles. The van der Waals surface area contributed by atoms with Gasteiger partial charge in [0.1, 0.15) is 5.60 Å². The maximum Gasteiger partial charge on any atom is 0.407 e. The van der Waals surface area contributed by atoms with Crippen molar-refractivity contribution in [2.75, 3.05) is 13.1 Å². The molecule has 5 heteroatoms. The van der Waals surface area contributed by atoms with Crippen molar-refractivity contribution in [2.45, 2.75) is 90.0 Å². The molecule has 1 aliphatic carbocycles. The fraction of sp³-hybridized carbons (Fsp3) is 0.944. The number of nitrogens with one attached hydrogen (secondary N) is 1. The fourth-order valence-electron chi connectivity index (χ4n) is 3.85. The summed E-state index contributed by atoms with van der Waals surface area (Å²) in [5.41, 5.74) is -0.479. The number of nitrogens with zero attached hydrogens (tertiary/aromatic N) is 1. The Morgan fingerprint density at radius 3 is 2.43 bits per heavy atom. The average Bonchev–Trinajstić information content (AvgIpc) is 2.47. The van der Waals surface area contributed by atoms with Gasteiger partial charge in [-0.2, -0.15) is 0 Å². The van der Waals surface area contributed by atoms with E-state index >= 15 is 0 Å². The predicted molar refractivity (Wildman–Crippen MR) is 91.4 cm³/mol. The maximum absolute atomic E-state index is 12.1. The van der Waals surface area contributed by atoms with E-state index < -0.39 is 5.60 Å². The van der Waals surface area contributed by atoms with Crippen LogP contribution in [0.4, 0.5) is 4.79 Å². The topological polar surface area (TPSA) is 61.8 Å². The lowest BCUT2D eigenvalue weighted by Gasteiger charge is -2.44. The van der Waals surface area contributed by atoms with Gasteiger partial charge in [-0.25, -0.2) is 4.79 Å². The van der Waals surface area contributed by atoms with Crippen LogP contribution in [0.2, 0.25) is 0 Å². The summed E-state index contributed by atoms with van der Waals surface area (Å²) >= 11 is 0. The third-order valence-corrected chi connectivity index (χ3v) is 5.19. The molecule has 2 fully saturated rings. The number of ether oxygens (including phenoxy) is 1. The second-order valence-electron chi connectivity index (χ2n) is 8.17. The van der Waals surface area contributed by atoms with Gasteiger partial charge in [-0.15, -0.1) is 0 Å². The molecule has 0 aromatic carbocycles. The Bertz CT molecular complexity index is 386. The van der Waals surface area contributed by atoms with Crippen molar-refractivity contribution in [1.82, 2.24) is 10.2 Å². The van der Waals surface area contributed by atoms with E-state index in [-0.39, 0.29) is 24.3 Å². The molecule has 0 bridgehead atoms. The summed E-state index contributed by atoms with van der Waals surface area (Å²) in [7, 11) is 0. The van der Waals surface area contributed by atoms with E-state index in [1.54, 1.807) is 0 Å². The van der Waals surface area contributed by atoms with E-state index in [1.165, 1.54) is 19.3 Å². The number of likely N-dealkylation sites (tertiary alicyclic amines) is 1. The predicted octanol–water partition coefficient (Wildman–Crippen LogP) is 2.92. The molecule has 1 saturated heterocycles. The van der Waals surface area contributed by atoms with Crippen LogP contribution >= 0.6 is 0 Å². The number of aliphatic hydroxyl groups excluding tert-OH is 1. The fourth-order valence-corrected chi connectivity index (χ4v) is 3.85. The van der Waals surface area contributed by atoms with E-state index in [9.17, 15) is 9.90 Å². The zero-order valence-electron chi connectivity index (χ0n) is 15.2. The number of rotatable bonds is 3. The Morgan fingerprint density at radius 1 is 1.22 bits per heavy atom. The van der Waals surface area contributed by atoms with Crippen LogP contribution < -0.4 is 5.32 Å². The first-order valence-electron chi connectivity index (χ1n) is 9.20. The van der Waals surface area contributed by atoms with Crippen LogP contribution in [0.15, 0.2) is 0 Å². The average molecular weight is 326 g/mol. The zero-order valence-corrected chi connectivity index (χ0v) is 15.2. The van der Waals surface area contributed by atoms with E-state index in [0.29, 0.717) is 0 Å². The first kappa shape index (κ1) is 18.5. The zero-order chi connectivity index (χ0) is 17.0. The molecule has 2 aliphatic rings. The Labute approximate surface area is 140 Å². The van der Waals surface area contributed by atoms with Crippen molar-refractivity contribution < 1.29 is 14.6 Å². The molecule has 1 heterocycles. The van der Waals surface area contributed by atoms with Crippen LogP contribution in [0.3, 0.4) is 0 Å². The molecule has 0 aromatic rings. The minimum atomic E-state index is -0.479. The molecule has 2 rings (SSSR count).